The van der Waals surface area contributed by atoms with Crippen LogP contribution in [0.25, 0.3) is 21.9 Å². The zero-order valence-electron chi connectivity index (χ0n) is 28.9. The number of benzene rings is 3. The second-order valence-electron chi connectivity index (χ2n) is 12.4. The Morgan fingerprint density at radius 1 is 0.821 bits per heavy atom. The Morgan fingerprint density at radius 3 is 2.25 bits per heavy atom. The predicted molar refractivity (Wildman–Crippen MR) is 191 cm³/mol. The van der Waals surface area contributed by atoms with Crippen LogP contribution in [-0.4, -0.2) is 50.2 Å². The number of ether oxygens (including phenoxy) is 3. The fourth-order valence-corrected chi connectivity index (χ4v) is 12.1. The molecule has 3 aromatic carbocycles. The standard InChI is InChI=1S/C31H35N5O15P4S/c1-2-14-56-31-34-27(32)24-28(35-31)36(18-33-24)29-26-25(47-30(48-26)22-13-12-20-10-6-7-11-21(20)15-22)23(46-29)16-45-53(39,40)50-55(43,44)51-54(41,42)49-52(37,38)17-19-8-4-3-5-9-19/h3-13,15,18,23,25-26,29-30H,2,14,16-17H2,1H3,(H,37,38)(H,39,40)(H,41,42)(H,43,44)(H2,32,34,35)/p-4/t23-,25+,26?,29-,30?/m1/s1. The number of phosphoric ester groups is 1. The third-order valence-corrected chi connectivity index (χ3v) is 15.5. The molecule has 0 saturated carbocycles. The molecule has 2 N–H and O–H groups in total. The highest BCUT2D eigenvalue weighted by atomic mass is 32.2. The first-order valence-corrected chi connectivity index (χ1v) is 23.7. The molecule has 5 aromatic rings. The summed E-state index contributed by atoms with van der Waals surface area (Å²) in [6, 6.07) is 20.3. The molecule has 0 spiro atoms. The van der Waals surface area contributed by atoms with Gasteiger partial charge in [-0.3, -0.25) is 22.6 Å². The van der Waals surface area contributed by atoms with E-state index in [2.05, 4.69) is 27.9 Å². The molecule has 6 unspecified atom stereocenters. The number of hydrogen-bond donors (Lipinski definition) is 1. The summed E-state index contributed by atoms with van der Waals surface area (Å²) in [6.07, 6.45) is -4.09. The Balaban J connectivity index is 1.09. The van der Waals surface area contributed by atoms with Crippen LogP contribution in [0.1, 0.15) is 37.0 Å². The summed E-state index contributed by atoms with van der Waals surface area (Å²) in [7, 11) is -24.0. The third-order valence-electron chi connectivity index (χ3n) is 8.27. The highest BCUT2D eigenvalue weighted by molar-refractivity contribution is 7.99. The van der Waals surface area contributed by atoms with Gasteiger partial charge in [0.2, 0.25) is 0 Å². The number of aromatic nitrogens is 4. The zero-order valence-corrected chi connectivity index (χ0v) is 33.3. The van der Waals surface area contributed by atoms with Crippen LogP contribution in [0.4, 0.5) is 5.82 Å². The van der Waals surface area contributed by atoms with Crippen LogP contribution < -0.4 is 25.3 Å². The van der Waals surface area contributed by atoms with Gasteiger partial charge in [0.25, 0.3) is 23.5 Å². The van der Waals surface area contributed by atoms with Crippen molar-refractivity contribution >= 4 is 70.6 Å². The lowest BCUT2D eigenvalue weighted by Gasteiger charge is -2.36. The Hall–Kier alpha value is -2.90. The van der Waals surface area contributed by atoms with Crippen molar-refractivity contribution in [3.05, 3.63) is 90.3 Å². The number of hydrogen-bond acceptors (Lipinski definition) is 20. The van der Waals surface area contributed by atoms with Crippen LogP contribution in [0.15, 0.2) is 84.3 Å². The molecule has 7 rings (SSSR count). The molecule has 2 aliphatic rings. The second-order valence-corrected chi connectivity index (χ2v) is 19.9. The first-order chi connectivity index (χ1) is 26.5. The molecule has 2 saturated heterocycles. The van der Waals surface area contributed by atoms with Gasteiger partial charge in [0, 0.05) is 17.5 Å². The first-order valence-electron chi connectivity index (χ1n) is 16.6. The van der Waals surface area contributed by atoms with Crippen molar-refractivity contribution in [2.45, 2.75) is 55.5 Å². The van der Waals surface area contributed by atoms with Crippen LogP contribution in [0.5, 0.6) is 0 Å². The molecular formula is C31H31N5O15P4S-4. The van der Waals surface area contributed by atoms with Gasteiger partial charge in [0.15, 0.2) is 29.1 Å². The van der Waals surface area contributed by atoms with Crippen molar-refractivity contribution < 1.29 is 69.5 Å². The summed E-state index contributed by atoms with van der Waals surface area (Å²) < 4.78 is 86.5. The Morgan fingerprint density at radius 2 is 1.50 bits per heavy atom. The maximum absolute atomic E-state index is 12.8. The van der Waals surface area contributed by atoms with Gasteiger partial charge in [-0.25, -0.2) is 23.6 Å². The zero-order chi connectivity index (χ0) is 39.9. The lowest BCUT2D eigenvalue weighted by atomic mass is 10.1. The lowest BCUT2D eigenvalue weighted by Crippen LogP contribution is -2.32. The normalized spacial score (nSPS) is 25.3. The predicted octanol–water partition coefficient (Wildman–Crippen LogP) is 3.67. The van der Waals surface area contributed by atoms with Gasteiger partial charge >= 0.3 is 0 Å². The summed E-state index contributed by atoms with van der Waals surface area (Å²) in [5.74, 6) is 0.814. The Labute approximate surface area is 322 Å². The van der Waals surface area contributed by atoms with E-state index in [1.54, 1.807) is 12.1 Å². The van der Waals surface area contributed by atoms with Crippen molar-refractivity contribution in [1.82, 2.24) is 19.5 Å². The van der Waals surface area contributed by atoms with Crippen molar-refractivity contribution in [3.63, 3.8) is 0 Å². The van der Waals surface area contributed by atoms with E-state index >= 15 is 0 Å². The minimum Gasteiger partial charge on any atom is -0.778 e. The number of nitrogens with zero attached hydrogens (tertiary/aromatic N) is 4. The molecule has 300 valence electrons. The van der Waals surface area contributed by atoms with E-state index in [9.17, 15) is 37.8 Å². The molecule has 2 aromatic heterocycles. The van der Waals surface area contributed by atoms with Gasteiger partial charge in [-0.15, -0.1) is 0 Å². The largest absolute Gasteiger partial charge is 0.778 e. The number of nitrogen functional groups attached to an aromatic ring is 1. The fourth-order valence-electron chi connectivity index (χ4n) is 6.02. The van der Waals surface area contributed by atoms with E-state index in [0.29, 0.717) is 16.5 Å². The lowest BCUT2D eigenvalue weighted by molar-refractivity contribution is -0.252. The number of anilines is 1. The number of thioether (sulfide) groups is 1. The van der Waals surface area contributed by atoms with Gasteiger partial charge < -0.3 is 48.6 Å². The van der Waals surface area contributed by atoms with Crippen molar-refractivity contribution in [3.8, 4) is 0 Å². The minimum absolute atomic E-state index is 0.107. The van der Waals surface area contributed by atoms with E-state index in [1.165, 1.54) is 46.9 Å². The summed E-state index contributed by atoms with van der Waals surface area (Å²) in [4.78, 5) is 62.9. The molecule has 56 heavy (non-hydrogen) atoms. The summed E-state index contributed by atoms with van der Waals surface area (Å²) in [5.41, 5.74) is 7.46. The summed E-state index contributed by atoms with van der Waals surface area (Å²) in [5, 5.41) is 2.23. The molecule has 2 fully saturated rings. The quantitative estimate of drug-likeness (QED) is 0.0840. The van der Waals surface area contributed by atoms with E-state index in [-0.39, 0.29) is 22.5 Å². The molecular weight excluding hydrogens is 838 g/mol. The summed E-state index contributed by atoms with van der Waals surface area (Å²) >= 11 is 1.37. The minimum atomic E-state index is -6.40. The van der Waals surface area contributed by atoms with E-state index in [1.807, 2.05) is 43.3 Å². The first kappa shape index (κ1) is 41.3. The molecule has 9 atom stereocenters. The average Bonchev–Trinajstić information content (AvgIpc) is 3.83. The number of fused-ring (bicyclic) bond motifs is 3. The fraction of sp³-hybridized carbons (Fsp3) is 0.323. The highest BCUT2D eigenvalue weighted by Gasteiger charge is 2.54. The number of nitrogens with two attached hydrogens (primary N) is 1. The van der Waals surface area contributed by atoms with Gasteiger partial charge in [0.05, 0.1) is 12.9 Å². The highest BCUT2D eigenvalue weighted by Crippen LogP contribution is 2.67. The van der Waals surface area contributed by atoms with Crippen LogP contribution in [0, 0.1) is 0 Å². The Bertz CT molecular complexity index is 2430. The van der Waals surface area contributed by atoms with Crippen LogP contribution in [-0.2, 0) is 56.1 Å². The van der Waals surface area contributed by atoms with E-state index in [0.717, 1.165) is 17.2 Å². The molecule has 4 heterocycles. The molecule has 0 bridgehead atoms. The van der Waals surface area contributed by atoms with Crippen LogP contribution in [0.3, 0.4) is 0 Å². The smallest absolute Gasteiger partial charge is 0.280 e. The molecule has 0 radical (unpaired) electrons. The number of phosphoric acid groups is 3. The van der Waals surface area contributed by atoms with E-state index in [4.69, 9.17) is 24.5 Å². The molecule has 2 aliphatic heterocycles. The topological polar surface area (TPSA) is 295 Å². The van der Waals surface area contributed by atoms with Crippen molar-refractivity contribution in [1.29, 1.82) is 0 Å². The third kappa shape index (κ3) is 9.68. The molecule has 20 nitrogen and oxygen atoms in total. The monoisotopic (exact) mass is 869 g/mol. The second kappa shape index (κ2) is 16.4. The SMILES string of the molecule is CCCSc1nc(N)c2ncn([C@@H]3O[C@H](COP(=O)([O-])OP(=O)([O-])OP(=O)([O-])OP(=O)([O-])Cc4ccccc4)[C@@H]4OC(c5ccc6ccccc6c5)OC43)c2n1. The molecule has 25 heteroatoms. The van der Waals surface area contributed by atoms with Gasteiger partial charge in [-0.05, 0) is 28.8 Å². The van der Waals surface area contributed by atoms with Crippen molar-refractivity contribution in [2.75, 3.05) is 18.1 Å². The maximum Gasteiger partial charge on any atom is 0.280 e. The van der Waals surface area contributed by atoms with Gasteiger partial charge in [-0.2, -0.15) is 0 Å². The van der Waals surface area contributed by atoms with Crippen molar-refractivity contribution in [2.24, 2.45) is 0 Å². The van der Waals surface area contributed by atoms with Crippen LogP contribution >= 0.6 is 42.8 Å². The van der Waals surface area contributed by atoms with Gasteiger partial charge in [-0.1, -0.05) is 85.4 Å². The maximum atomic E-state index is 12.8. The molecule has 0 amide bonds. The van der Waals surface area contributed by atoms with Gasteiger partial charge in [0.1, 0.15) is 31.4 Å². The average molecular weight is 870 g/mol. The number of imidazole rings is 1. The molecule has 0 aliphatic carbocycles. The number of rotatable bonds is 16. The van der Waals surface area contributed by atoms with E-state index < -0.39 is 74.7 Å². The summed E-state index contributed by atoms with van der Waals surface area (Å²) in [6.45, 7) is 1.05. The Kier molecular flexibility index (Phi) is 12.1. The van der Waals surface area contributed by atoms with Crippen LogP contribution in [0.2, 0.25) is 0 Å².